The van der Waals surface area contributed by atoms with Gasteiger partial charge in [-0.05, 0) is 49.1 Å². The minimum atomic E-state index is -2.46. The average Bonchev–Trinajstić information content (AvgIpc) is 3.34. The normalized spacial score (nSPS) is 16.8. The first-order valence-electron chi connectivity index (χ1n) is 10.3. The summed E-state index contributed by atoms with van der Waals surface area (Å²) in [6.45, 7) is -1.93. The summed E-state index contributed by atoms with van der Waals surface area (Å²) in [6, 6.07) is 10.1. The van der Waals surface area contributed by atoms with Gasteiger partial charge in [0.1, 0.15) is 5.69 Å². The van der Waals surface area contributed by atoms with Crippen molar-refractivity contribution in [1.29, 1.82) is 0 Å². The van der Waals surface area contributed by atoms with Gasteiger partial charge in [-0.15, -0.1) is 5.10 Å². The molecular formula is C20H22N4O2. The molecule has 1 N–H and O–H groups in total. The van der Waals surface area contributed by atoms with Gasteiger partial charge in [-0.25, -0.2) is 0 Å². The molecule has 3 aromatic rings. The van der Waals surface area contributed by atoms with Crippen LogP contribution in [0, 0.1) is 5.92 Å². The molecule has 2 heterocycles. The molecule has 26 heavy (non-hydrogen) atoms. The van der Waals surface area contributed by atoms with Crippen molar-refractivity contribution < 1.29 is 13.6 Å². The van der Waals surface area contributed by atoms with Crippen molar-refractivity contribution >= 4 is 22.5 Å². The fourth-order valence-electron chi connectivity index (χ4n) is 3.34. The van der Waals surface area contributed by atoms with Crippen LogP contribution in [-0.4, -0.2) is 27.3 Å². The van der Waals surface area contributed by atoms with Crippen molar-refractivity contribution in [2.75, 3.05) is 11.9 Å². The maximum Gasteiger partial charge on any atom is 0.274 e. The topological polar surface area (TPSA) is 69.0 Å². The highest BCUT2D eigenvalue weighted by Crippen LogP contribution is 2.30. The number of nitrogens with one attached hydrogen (secondary N) is 1. The highest BCUT2D eigenvalue weighted by atomic mass is 16.5. The fraction of sp³-hybridized carbons (Fsp3) is 0.350. The molecule has 2 aromatic heterocycles. The average molecular weight is 353 g/mol. The Hall–Kier alpha value is -2.89. The van der Waals surface area contributed by atoms with Crippen LogP contribution in [0.2, 0.25) is 0 Å². The lowest BCUT2D eigenvalue weighted by molar-refractivity contribution is 0.102. The molecule has 4 rings (SSSR count). The Bertz CT molecular complexity index is 1010. The number of hydrogen-bond acceptors (Lipinski definition) is 4. The van der Waals surface area contributed by atoms with Crippen molar-refractivity contribution in [2.24, 2.45) is 12.9 Å². The van der Waals surface area contributed by atoms with Crippen LogP contribution in [0.3, 0.4) is 0 Å². The summed E-state index contributed by atoms with van der Waals surface area (Å²) in [6.07, 6.45) is 6.20. The SMILES string of the molecule is [2H]C([2H])([2H])n1nc(OCC2CCCC2)c2ccc(NC(=O)c3ccccn3)cc21. The Morgan fingerprint density at radius 3 is 3.00 bits per heavy atom. The largest absolute Gasteiger partial charge is 0.476 e. The fourth-order valence-corrected chi connectivity index (χ4v) is 3.34. The number of hydrogen-bond donors (Lipinski definition) is 1. The molecule has 0 radical (unpaired) electrons. The molecule has 1 aliphatic rings. The highest BCUT2D eigenvalue weighted by Gasteiger charge is 2.18. The van der Waals surface area contributed by atoms with E-state index in [0.29, 0.717) is 35.0 Å². The zero-order valence-corrected chi connectivity index (χ0v) is 14.3. The third-order valence-corrected chi connectivity index (χ3v) is 4.73. The van der Waals surface area contributed by atoms with Crippen LogP contribution in [0.4, 0.5) is 5.69 Å². The summed E-state index contributed by atoms with van der Waals surface area (Å²) in [4.78, 5) is 16.4. The number of ether oxygens (including phenoxy) is 1. The predicted molar refractivity (Wildman–Crippen MR) is 100 cm³/mol. The molecule has 0 aliphatic heterocycles. The lowest BCUT2D eigenvalue weighted by Gasteiger charge is -2.09. The van der Waals surface area contributed by atoms with Gasteiger partial charge in [0, 0.05) is 23.0 Å². The molecule has 1 aromatic carbocycles. The number of aromatic nitrogens is 3. The van der Waals surface area contributed by atoms with Crippen molar-refractivity contribution in [3.63, 3.8) is 0 Å². The number of anilines is 1. The van der Waals surface area contributed by atoms with E-state index in [4.69, 9.17) is 8.85 Å². The van der Waals surface area contributed by atoms with Crippen molar-refractivity contribution in [3.8, 4) is 5.88 Å². The molecule has 6 heteroatoms. The van der Waals surface area contributed by atoms with Crippen LogP contribution in [-0.2, 0) is 6.98 Å². The zero-order chi connectivity index (χ0) is 20.4. The number of aryl methyl sites for hydroxylation is 1. The molecule has 0 unspecified atom stereocenters. The molecular weight excluding hydrogens is 328 g/mol. The Balaban J connectivity index is 1.62. The van der Waals surface area contributed by atoms with Crippen LogP contribution < -0.4 is 10.1 Å². The van der Waals surface area contributed by atoms with Gasteiger partial charge in [-0.1, -0.05) is 18.9 Å². The second kappa shape index (κ2) is 7.15. The maximum atomic E-state index is 12.4. The predicted octanol–water partition coefficient (Wildman–Crippen LogP) is 3.79. The smallest absolute Gasteiger partial charge is 0.274 e. The van der Waals surface area contributed by atoms with Gasteiger partial charge in [0.2, 0.25) is 5.88 Å². The van der Waals surface area contributed by atoms with Gasteiger partial charge in [0.05, 0.1) is 17.5 Å². The number of nitrogens with zero attached hydrogens (tertiary/aromatic N) is 3. The molecule has 0 saturated heterocycles. The van der Waals surface area contributed by atoms with Crippen molar-refractivity contribution in [1.82, 2.24) is 14.8 Å². The molecule has 0 atom stereocenters. The van der Waals surface area contributed by atoms with Gasteiger partial charge in [-0.2, -0.15) is 0 Å². The van der Waals surface area contributed by atoms with Crippen molar-refractivity contribution in [2.45, 2.75) is 25.7 Å². The number of rotatable bonds is 5. The summed E-state index contributed by atoms with van der Waals surface area (Å²) in [5.74, 6) is 0.424. The third-order valence-electron chi connectivity index (χ3n) is 4.73. The van der Waals surface area contributed by atoms with Gasteiger partial charge in [0.25, 0.3) is 5.91 Å². The Kier molecular flexibility index (Phi) is 3.67. The Labute approximate surface area is 156 Å². The Morgan fingerprint density at radius 2 is 2.23 bits per heavy atom. The van der Waals surface area contributed by atoms with E-state index in [-0.39, 0.29) is 11.6 Å². The first-order valence-corrected chi connectivity index (χ1v) is 8.80. The lowest BCUT2D eigenvalue weighted by atomic mass is 10.1. The van der Waals surface area contributed by atoms with E-state index < -0.39 is 6.98 Å². The van der Waals surface area contributed by atoms with Crippen LogP contribution in [0.1, 0.15) is 40.3 Å². The van der Waals surface area contributed by atoms with E-state index in [1.807, 2.05) is 0 Å². The summed E-state index contributed by atoms with van der Waals surface area (Å²) >= 11 is 0. The third kappa shape index (κ3) is 3.40. The van der Waals surface area contributed by atoms with Gasteiger partial charge in [-0.3, -0.25) is 14.5 Å². The minimum Gasteiger partial charge on any atom is -0.476 e. The number of benzene rings is 1. The Morgan fingerprint density at radius 1 is 1.35 bits per heavy atom. The van der Waals surface area contributed by atoms with Crippen LogP contribution in [0.5, 0.6) is 5.88 Å². The first kappa shape index (κ1) is 13.3. The quantitative estimate of drug-likeness (QED) is 0.758. The van der Waals surface area contributed by atoms with E-state index in [1.165, 1.54) is 19.0 Å². The van der Waals surface area contributed by atoms with Gasteiger partial charge in [0.15, 0.2) is 0 Å². The van der Waals surface area contributed by atoms with Crippen LogP contribution in [0.25, 0.3) is 10.9 Å². The van der Waals surface area contributed by atoms with E-state index in [2.05, 4.69) is 15.4 Å². The maximum absolute atomic E-state index is 12.4. The number of carbonyl (C=O) groups is 1. The molecule has 1 saturated carbocycles. The van der Waals surface area contributed by atoms with Crippen LogP contribution in [0.15, 0.2) is 42.6 Å². The summed E-state index contributed by atoms with van der Waals surface area (Å²) in [5, 5.41) is 7.56. The van der Waals surface area contributed by atoms with Crippen molar-refractivity contribution in [3.05, 3.63) is 48.3 Å². The monoisotopic (exact) mass is 353 g/mol. The second-order valence-corrected chi connectivity index (χ2v) is 6.58. The molecule has 0 spiro atoms. The molecule has 0 bridgehead atoms. The van der Waals surface area contributed by atoms with Crippen LogP contribution >= 0.6 is 0 Å². The van der Waals surface area contributed by atoms with E-state index in [1.54, 1.807) is 36.4 Å². The van der Waals surface area contributed by atoms with E-state index in [9.17, 15) is 4.79 Å². The number of carbonyl (C=O) groups excluding carboxylic acids is 1. The number of pyridine rings is 1. The molecule has 1 aliphatic carbocycles. The second-order valence-electron chi connectivity index (χ2n) is 6.58. The summed E-state index contributed by atoms with van der Waals surface area (Å²) in [7, 11) is 0. The highest BCUT2D eigenvalue weighted by molar-refractivity contribution is 6.03. The molecule has 1 fully saturated rings. The standard InChI is InChI=1S/C20H22N4O2/c1-24-18-12-15(22-19(25)17-8-4-5-11-21-17)9-10-16(18)20(23-24)26-13-14-6-2-3-7-14/h4-5,8-12,14H,2-3,6-7,13H2,1H3,(H,22,25)/i1D3. The molecule has 1 amide bonds. The summed E-state index contributed by atoms with van der Waals surface area (Å²) in [5.41, 5.74) is 1.11. The van der Waals surface area contributed by atoms with E-state index >= 15 is 0 Å². The first-order chi connectivity index (χ1) is 13.9. The van der Waals surface area contributed by atoms with Gasteiger partial charge >= 0.3 is 0 Å². The summed E-state index contributed by atoms with van der Waals surface area (Å²) < 4.78 is 30.2. The molecule has 134 valence electrons. The number of fused-ring (bicyclic) bond motifs is 1. The lowest BCUT2D eigenvalue weighted by Crippen LogP contribution is -2.13. The minimum absolute atomic E-state index is 0.275. The van der Waals surface area contributed by atoms with E-state index in [0.717, 1.165) is 17.5 Å². The molecule has 6 nitrogen and oxygen atoms in total. The number of amides is 1. The zero-order valence-electron chi connectivity index (χ0n) is 17.3. The van der Waals surface area contributed by atoms with Gasteiger partial charge < -0.3 is 10.1 Å².